The normalized spacial score (nSPS) is 14.3. The molecule has 1 N–H and O–H groups in total. The number of pyridine rings is 1. The fourth-order valence-electron chi connectivity index (χ4n) is 3.92. The summed E-state index contributed by atoms with van der Waals surface area (Å²) in [5.41, 5.74) is 6.82. The highest BCUT2D eigenvalue weighted by atomic mass is 16.5. The van der Waals surface area contributed by atoms with E-state index in [-0.39, 0.29) is 0 Å². The van der Waals surface area contributed by atoms with Crippen LogP contribution in [0.3, 0.4) is 0 Å². The first kappa shape index (κ1) is 18.9. The Labute approximate surface area is 175 Å². The largest absolute Gasteiger partial charge is 0.492 e. The molecule has 7 nitrogen and oxygen atoms in total. The Morgan fingerprint density at radius 2 is 2.10 bits per heavy atom. The molecular weight excluding hydrogens is 376 g/mol. The third-order valence-electron chi connectivity index (χ3n) is 5.76. The number of rotatable bonds is 7. The van der Waals surface area contributed by atoms with Crippen molar-refractivity contribution in [1.82, 2.24) is 29.9 Å². The Kier molecular flexibility index (Phi) is 5.04. The highest BCUT2D eigenvalue weighted by molar-refractivity contribution is 5.94. The van der Waals surface area contributed by atoms with Crippen LogP contribution in [0, 0.1) is 6.92 Å². The fourth-order valence-corrected chi connectivity index (χ4v) is 3.92. The molecule has 30 heavy (non-hydrogen) atoms. The summed E-state index contributed by atoms with van der Waals surface area (Å²) in [5.74, 6) is 0.780. The van der Waals surface area contributed by atoms with Crippen LogP contribution in [-0.4, -0.2) is 37.2 Å². The number of benzene rings is 1. The number of nitrogens with one attached hydrogen (secondary N) is 1. The number of ether oxygens (including phenoxy) is 1. The van der Waals surface area contributed by atoms with Gasteiger partial charge in [0.05, 0.1) is 29.5 Å². The number of fused-ring (bicyclic) bond motifs is 3. The summed E-state index contributed by atoms with van der Waals surface area (Å²) in [6.45, 7) is 5.57. The van der Waals surface area contributed by atoms with Gasteiger partial charge in [0.25, 0.3) is 0 Å². The zero-order valence-corrected chi connectivity index (χ0v) is 17.4. The maximum atomic E-state index is 5.82. The Bertz CT molecular complexity index is 1200. The number of hydrogen-bond acceptors (Lipinski definition) is 6. The highest BCUT2D eigenvalue weighted by Gasteiger charge is 2.18. The third kappa shape index (κ3) is 3.50. The average molecular weight is 403 g/mol. The Hall–Kier alpha value is -3.06. The number of nitrogens with zero attached hydrogens (tertiary/aromatic N) is 5. The van der Waals surface area contributed by atoms with Crippen molar-refractivity contribution < 1.29 is 4.74 Å². The van der Waals surface area contributed by atoms with Gasteiger partial charge < -0.3 is 10.1 Å². The quantitative estimate of drug-likeness (QED) is 0.502. The van der Waals surface area contributed by atoms with Gasteiger partial charge in [-0.05, 0) is 49.9 Å². The molecule has 0 aliphatic heterocycles. The topological polar surface area (TPSA) is 77.2 Å². The number of aryl methyl sites for hydroxylation is 1. The second-order valence-corrected chi connectivity index (χ2v) is 8.00. The van der Waals surface area contributed by atoms with Crippen molar-refractivity contribution in [2.75, 3.05) is 6.61 Å². The summed E-state index contributed by atoms with van der Waals surface area (Å²) in [6, 6.07) is 7.09. The molecule has 154 valence electrons. The minimum atomic E-state index is 0.627. The first-order valence-electron chi connectivity index (χ1n) is 10.7. The summed E-state index contributed by atoms with van der Waals surface area (Å²) in [6.07, 6.45) is 10.2. The van der Waals surface area contributed by atoms with E-state index in [4.69, 9.17) is 9.72 Å². The van der Waals surface area contributed by atoms with Gasteiger partial charge in [0.1, 0.15) is 12.1 Å². The molecule has 1 aliphatic rings. The lowest BCUT2D eigenvalue weighted by atomic mass is 9.93. The molecule has 1 saturated carbocycles. The van der Waals surface area contributed by atoms with E-state index in [2.05, 4.69) is 39.6 Å². The van der Waals surface area contributed by atoms with Crippen LogP contribution in [0.5, 0.6) is 5.75 Å². The molecule has 4 aromatic rings. The van der Waals surface area contributed by atoms with Gasteiger partial charge in [-0.25, -0.2) is 4.98 Å². The molecule has 5 rings (SSSR count). The predicted octanol–water partition coefficient (Wildman–Crippen LogP) is 4.08. The van der Waals surface area contributed by atoms with Crippen LogP contribution in [0.15, 0.2) is 36.9 Å². The summed E-state index contributed by atoms with van der Waals surface area (Å²) in [4.78, 5) is 9.32. The molecule has 1 aromatic carbocycles. The van der Waals surface area contributed by atoms with E-state index in [9.17, 15) is 0 Å². The van der Waals surface area contributed by atoms with Crippen LogP contribution in [0.4, 0.5) is 0 Å². The van der Waals surface area contributed by atoms with Gasteiger partial charge >= 0.3 is 0 Å². The summed E-state index contributed by atoms with van der Waals surface area (Å²) in [7, 11) is 0. The van der Waals surface area contributed by atoms with Crippen molar-refractivity contribution in [1.29, 1.82) is 0 Å². The molecule has 7 heteroatoms. The molecular formula is C23H26N6O. The van der Waals surface area contributed by atoms with Crippen LogP contribution < -0.4 is 10.1 Å². The van der Waals surface area contributed by atoms with E-state index in [0.717, 1.165) is 52.2 Å². The lowest BCUT2D eigenvalue weighted by Crippen LogP contribution is -2.34. The van der Waals surface area contributed by atoms with Crippen molar-refractivity contribution >= 4 is 16.7 Å². The van der Waals surface area contributed by atoms with Crippen molar-refractivity contribution in [2.45, 2.75) is 52.1 Å². The predicted molar refractivity (Wildman–Crippen MR) is 117 cm³/mol. The first-order valence-corrected chi connectivity index (χ1v) is 10.7. The number of aromatic nitrogens is 5. The zero-order chi connectivity index (χ0) is 20.5. The maximum Gasteiger partial charge on any atom is 0.182 e. The van der Waals surface area contributed by atoms with Crippen LogP contribution in [0.25, 0.3) is 27.8 Å². The van der Waals surface area contributed by atoms with Gasteiger partial charge in [0.15, 0.2) is 5.65 Å². The smallest absolute Gasteiger partial charge is 0.182 e. The van der Waals surface area contributed by atoms with Crippen LogP contribution in [0.1, 0.15) is 43.9 Å². The standard InChI is InChI=1S/C23H26N6O/c1-3-7-30-19-10-17(12-24-13-19)20-8-16(11-25-18-5-4-6-18)9-21-22(20)27-15(2)23-28-26-14-29(21)23/h8-10,12-14,18,25H,3-7,11H2,1-2H3. The molecule has 1 fully saturated rings. The van der Waals surface area contributed by atoms with Gasteiger partial charge in [0, 0.05) is 29.9 Å². The van der Waals surface area contributed by atoms with Crippen LogP contribution in [-0.2, 0) is 6.54 Å². The summed E-state index contributed by atoms with van der Waals surface area (Å²) >= 11 is 0. The van der Waals surface area contributed by atoms with Gasteiger partial charge in [0.2, 0.25) is 0 Å². The molecule has 0 radical (unpaired) electrons. The van der Waals surface area contributed by atoms with Crippen molar-refractivity contribution in [3.63, 3.8) is 0 Å². The van der Waals surface area contributed by atoms with E-state index < -0.39 is 0 Å². The highest BCUT2D eigenvalue weighted by Crippen LogP contribution is 2.32. The Morgan fingerprint density at radius 1 is 1.20 bits per heavy atom. The van der Waals surface area contributed by atoms with Gasteiger partial charge in [-0.15, -0.1) is 10.2 Å². The molecule has 0 saturated heterocycles. The Balaban J connectivity index is 1.65. The maximum absolute atomic E-state index is 5.82. The van der Waals surface area contributed by atoms with Crippen molar-refractivity contribution in [3.8, 4) is 16.9 Å². The summed E-state index contributed by atoms with van der Waals surface area (Å²) in [5, 5.41) is 12.0. The molecule has 0 atom stereocenters. The first-order chi connectivity index (χ1) is 14.7. The second-order valence-electron chi connectivity index (χ2n) is 8.00. The van der Waals surface area contributed by atoms with Gasteiger partial charge in [-0.3, -0.25) is 9.38 Å². The van der Waals surface area contributed by atoms with E-state index in [1.807, 2.05) is 23.6 Å². The molecule has 0 unspecified atom stereocenters. The molecule has 0 bridgehead atoms. The van der Waals surface area contributed by atoms with Gasteiger partial charge in [-0.1, -0.05) is 13.3 Å². The molecule has 0 amide bonds. The molecule has 3 heterocycles. The Morgan fingerprint density at radius 3 is 2.90 bits per heavy atom. The van der Waals surface area contributed by atoms with E-state index in [1.54, 1.807) is 12.5 Å². The minimum Gasteiger partial charge on any atom is -0.492 e. The van der Waals surface area contributed by atoms with Crippen LogP contribution in [0.2, 0.25) is 0 Å². The van der Waals surface area contributed by atoms with Crippen molar-refractivity contribution in [3.05, 3.63) is 48.2 Å². The zero-order valence-electron chi connectivity index (χ0n) is 17.4. The minimum absolute atomic E-state index is 0.627. The number of hydrogen-bond donors (Lipinski definition) is 1. The SMILES string of the molecule is CCCOc1cncc(-c2cc(CNC3CCC3)cc3c2nc(C)c2nncn23)c1. The molecule has 0 spiro atoms. The monoisotopic (exact) mass is 402 g/mol. The summed E-state index contributed by atoms with van der Waals surface area (Å²) < 4.78 is 7.85. The van der Waals surface area contributed by atoms with Crippen LogP contribution >= 0.6 is 0 Å². The molecule has 1 aliphatic carbocycles. The van der Waals surface area contributed by atoms with E-state index in [1.165, 1.54) is 24.8 Å². The van der Waals surface area contributed by atoms with E-state index in [0.29, 0.717) is 12.6 Å². The lowest BCUT2D eigenvalue weighted by Gasteiger charge is -2.26. The van der Waals surface area contributed by atoms with Gasteiger partial charge in [-0.2, -0.15) is 0 Å². The second kappa shape index (κ2) is 7.99. The third-order valence-corrected chi connectivity index (χ3v) is 5.76. The molecule has 3 aromatic heterocycles. The van der Waals surface area contributed by atoms with E-state index >= 15 is 0 Å². The average Bonchev–Trinajstić information content (AvgIpc) is 3.22. The fraction of sp³-hybridized carbons (Fsp3) is 0.391. The van der Waals surface area contributed by atoms with Crippen molar-refractivity contribution in [2.24, 2.45) is 0 Å². The lowest BCUT2D eigenvalue weighted by molar-refractivity contribution is 0.316.